The molecule has 0 heterocycles. The van der Waals surface area contributed by atoms with E-state index in [2.05, 4.69) is 55.6 Å². The molecule has 0 bridgehead atoms. The van der Waals surface area contributed by atoms with Crippen molar-refractivity contribution >= 4 is 5.91 Å². The average molecular weight is 758 g/mol. The van der Waals surface area contributed by atoms with Gasteiger partial charge in [0.1, 0.15) is 0 Å². The maximum atomic E-state index is 12.4. The fourth-order valence-corrected chi connectivity index (χ4v) is 7.49. The second-order valence-electron chi connectivity index (χ2n) is 16.5. The molecular formula is C50H95NO3. The van der Waals surface area contributed by atoms with E-state index < -0.39 is 12.1 Å². The van der Waals surface area contributed by atoms with Crippen molar-refractivity contribution in [1.82, 2.24) is 5.32 Å². The molecule has 4 nitrogen and oxygen atoms in total. The Bertz CT molecular complexity index is 821. The van der Waals surface area contributed by atoms with Gasteiger partial charge in [-0.05, 0) is 44.9 Å². The number of unbranched alkanes of at least 4 members (excludes halogenated alkanes) is 31. The van der Waals surface area contributed by atoms with Crippen molar-refractivity contribution in [3.05, 3.63) is 36.5 Å². The number of aliphatic hydroxyl groups excluding tert-OH is 2. The Morgan fingerprint density at radius 1 is 0.463 bits per heavy atom. The number of aliphatic hydroxyl groups is 2. The van der Waals surface area contributed by atoms with Gasteiger partial charge in [-0.15, -0.1) is 0 Å². The van der Waals surface area contributed by atoms with Crippen LogP contribution in [0.4, 0.5) is 0 Å². The predicted octanol–water partition coefficient (Wildman–Crippen LogP) is 15.4. The third kappa shape index (κ3) is 41.8. The van der Waals surface area contributed by atoms with Crippen molar-refractivity contribution in [3.63, 3.8) is 0 Å². The van der Waals surface area contributed by atoms with Gasteiger partial charge in [-0.2, -0.15) is 0 Å². The van der Waals surface area contributed by atoms with E-state index in [-0.39, 0.29) is 12.5 Å². The molecule has 318 valence electrons. The van der Waals surface area contributed by atoms with Gasteiger partial charge < -0.3 is 15.5 Å². The molecule has 2 unspecified atom stereocenters. The third-order valence-corrected chi connectivity index (χ3v) is 11.2. The Kier molecular flexibility index (Phi) is 44.8. The molecule has 2 atom stereocenters. The molecule has 0 aromatic rings. The Morgan fingerprint density at radius 3 is 1.22 bits per heavy atom. The Labute approximate surface area is 338 Å². The maximum Gasteiger partial charge on any atom is 0.220 e. The van der Waals surface area contributed by atoms with E-state index in [0.717, 1.165) is 57.8 Å². The molecule has 0 aliphatic heterocycles. The molecule has 0 aliphatic carbocycles. The van der Waals surface area contributed by atoms with Gasteiger partial charge in [0.2, 0.25) is 5.91 Å². The fraction of sp³-hybridized carbons (Fsp3) is 0.860. The minimum absolute atomic E-state index is 0.0468. The minimum Gasteiger partial charge on any atom is -0.394 e. The first-order chi connectivity index (χ1) is 26.7. The first-order valence-corrected chi connectivity index (χ1v) is 24.2. The topological polar surface area (TPSA) is 69.6 Å². The summed E-state index contributed by atoms with van der Waals surface area (Å²) in [6.45, 7) is 4.25. The molecular weight excluding hydrogens is 663 g/mol. The van der Waals surface area contributed by atoms with Gasteiger partial charge in [0.25, 0.3) is 0 Å². The van der Waals surface area contributed by atoms with Crippen molar-refractivity contribution in [3.8, 4) is 0 Å². The van der Waals surface area contributed by atoms with Crippen LogP contribution in [0.1, 0.15) is 258 Å². The molecule has 0 rings (SSSR count). The van der Waals surface area contributed by atoms with Crippen molar-refractivity contribution in [2.24, 2.45) is 0 Å². The zero-order valence-corrected chi connectivity index (χ0v) is 36.5. The molecule has 0 aromatic carbocycles. The molecule has 0 fully saturated rings. The number of carbonyl (C=O) groups excluding carboxylic acids is 1. The summed E-state index contributed by atoms with van der Waals surface area (Å²) in [5, 5.41) is 23.2. The molecule has 3 N–H and O–H groups in total. The number of rotatable bonds is 44. The van der Waals surface area contributed by atoms with Gasteiger partial charge >= 0.3 is 0 Å². The maximum absolute atomic E-state index is 12.4. The zero-order valence-electron chi connectivity index (χ0n) is 36.5. The largest absolute Gasteiger partial charge is 0.394 e. The normalized spacial score (nSPS) is 13.2. The molecule has 54 heavy (non-hydrogen) atoms. The molecule has 0 saturated carbocycles. The number of hydrogen-bond donors (Lipinski definition) is 3. The highest BCUT2D eigenvalue weighted by Gasteiger charge is 2.20. The van der Waals surface area contributed by atoms with Crippen LogP contribution >= 0.6 is 0 Å². The summed E-state index contributed by atoms with van der Waals surface area (Å²) in [4.78, 5) is 12.4. The highest BCUT2D eigenvalue weighted by atomic mass is 16.3. The number of carbonyl (C=O) groups is 1. The van der Waals surface area contributed by atoms with Gasteiger partial charge in [0.05, 0.1) is 18.8 Å². The summed E-state index contributed by atoms with van der Waals surface area (Å²) in [5.74, 6) is -0.0468. The Balaban J connectivity index is 3.45. The lowest BCUT2D eigenvalue weighted by Crippen LogP contribution is -2.45. The highest BCUT2D eigenvalue weighted by Crippen LogP contribution is 2.17. The third-order valence-electron chi connectivity index (χ3n) is 11.2. The molecule has 0 spiro atoms. The first kappa shape index (κ1) is 52.6. The van der Waals surface area contributed by atoms with Crippen LogP contribution in [0.25, 0.3) is 0 Å². The molecule has 0 aliphatic rings. The van der Waals surface area contributed by atoms with Crippen molar-refractivity contribution < 1.29 is 15.0 Å². The van der Waals surface area contributed by atoms with E-state index in [9.17, 15) is 15.0 Å². The Hall–Kier alpha value is -1.39. The SMILES string of the molecule is CC/C=C\C/C=C\C/C=C\CCCCCCCC(=O)NC(CO)C(O)CCCCCCCCCCCCCCCCCCCCCCCCCCCCC. The van der Waals surface area contributed by atoms with E-state index in [1.54, 1.807) is 0 Å². The van der Waals surface area contributed by atoms with Gasteiger partial charge in [-0.1, -0.05) is 243 Å². The summed E-state index contributed by atoms with van der Waals surface area (Å²) < 4.78 is 0. The number of amides is 1. The monoisotopic (exact) mass is 758 g/mol. The van der Waals surface area contributed by atoms with Gasteiger partial charge in [0, 0.05) is 6.42 Å². The van der Waals surface area contributed by atoms with Crippen molar-refractivity contribution in [2.45, 2.75) is 270 Å². The van der Waals surface area contributed by atoms with E-state index in [4.69, 9.17) is 0 Å². The average Bonchev–Trinajstić information content (AvgIpc) is 3.18. The number of nitrogens with one attached hydrogen (secondary N) is 1. The first-order valence-electron chi connectivity index (χ1n) is 24.2. The van der Waals surface area contributed by atoms with Crippen molar-refractivity contribution in [1.29, 1.82) is 0 Å². The highest BCUT2D eigenvalue weighted by molar-refractivity contribution is 5.76. The van der Waals surface area contributed by atoms with Gasteiger partial charge in [0.15, 0.2) is 0 Å². The summed E-state index contributed by atoms with van der Waals surface area (Å²) in [5.41, 5.74) is 0. The van der Waals surface area contributed by atoms with E-state index in [0.29, 0.717) is 12.8 Å². The lowest BCUT2D eigenvalue weighted by atomic mass is 10.0. The van der Waals surface area contributed by atoms with Crippen molar-refractivity contribution in [2.75, 3.05) is 6.61 Å². The van der Waals surface area contributed by atoms with E-state index in [1.165, 1.54) is 173 Å². The lowest BCUT2D eigenvalue weighted by Gasteiger charge is -2.22. The second-order valence-corrected chi connectivity index (χ2v) is 16.5. The minimum atomic E-state index is -0.667. The van der Waals surface area contributed by atoms with Gasteiger partial charge in [-0.25, -0.2) is 0 Å². The van der Waals surface area contributed by atoms with Crippen LogP contribution in [0, 0.1) is 0 Å². The van der Waals surface area contributed by atoms with E-state index in [1.807, 2.05) is 0 Å². The van der Waals surface area contributed by atoms with Crippen LogP contribution in [-0.4, -0.2) is 34.9 Å². The lowest BCUT2D eigenvalue weighted by molar-refractivity contribution is -0.123. The summed E-state index contributed by atoms with van der Waals surface area (Å²) in [6.07, 6.45) is 61.1. The second kappa shape index (κ2) is 46.0. The molecule has 0 radical (unpaired) electrons. The van der Waals surface area contributed by atoms with Crippen LogP contribution in [0.15, 0.2) is 36.5 Å². The summed E-state index contributed by atoms with van der Waals surface area (Å²) in [6, 6.07) is -0.545. The van der Waals surface area contributed by atoms with Crippen LogP contribution in [0.3, 0.4) is 0 Å². The quantitative estimate of drug-likeness (QED) is 0.0428. The van der Waals surface area contributed by atoms with Crippen LogP contribution in [0.5, 0.6) is 0 Å². The molecule has 4 heteroatoms. The van der Waals surface area contributed by atoms with Crippen LogP contribution in [0.2, 0.25) is 0 Å². The molecule has 0 saturated heterocycles. The molecule has 0 aromatic heterocycles. The number of hydrogen-bond acceptors (Lipinski definition) is 3. The van der Waals surface area contributed by atoms with Crippen LogP contribution in [-0.2, 0) is 4.79 Å². The fourth-order valence-electron chi connectivity index (χ4n) is 7.49. The summed E-state index contributed by atoms with van der Waals surface area (Å²) in [7, 11) is 0. The number of allylic oxidation sites excluding steroid dienone is 6. The predicted molar refractivity (Wildman–Crippen MR) is 239 cm³/mol. The molecule has 1 amide bonds. The van der Waals surface area contributed by atoms with E-state index >= 15 is 0 Å². The zero-order chi connectivity index (χ0) is 39.3. The van der Waals surface area contributed by atoms with Crippen LogP contribution < -0.4 is 5.32 Å². The van der Waals surface area contributed by atoms with Gasteiger partial charge in [-0.3, -0.25) is 4.79 Å². The smallest absolute Gasteiger partial charge is 0.220 e. The summed E-state index contributed by atoms with van der Waals surface area (Å²) >= 11 is 0. The standard InChI is InChI=1S/C50H95NO3/c1-3-5-7-9-11-13-15-17-19-20-21-22-23-24-25-26-27-28-29-30-32-33-35-37-39-41-43-45-49(53)48(47-52)51-50(54)46-44-42-40-38-36-34-31-18-16-14-12-10-8-6-4-2/h6,8,12,14,18,31,48-49,52-53H,3-5,7,9-11,13,15-17,19-30,32-47H2,1-2H3,(H,51,54)/b8-6-,14-12-,31-18-. The Morgan fingerprint density at radius 2 is 0.815 bits per heavy atom.